The average Bonchev–Trinajstić information content (AvgIpc) is 3.24. The van der Waals surface area contributed by atoms with E-state index in [0.717, 1.165) is 67.8 Å². The molecule has 0 saturated carbocycles. The molecule has 0 spiro atoms. The predicted molar refractivity (Wildman–Crippen MR) is 118 cm³/mol. The molecular weight excluding hydrogens is 396 g/mol. The maximum absolute atomic E-state index is 12.9. The van der Waals surface area contributed by atoms with Crippen molar-refractivity contribution >= 4 is 27.5 Å². The number of hydrogen-bond donors (Lipinski definition) is 0. The minimum absolute atomic E-state index is 0.0825. The van der Waals surface area contributed by atoms with Crippen molar-refractivity contribution in [2.45, 2.75) is 37.8 Å². The monoisotopic (exact) mass is 422 g/mol. The Morgan fingerprint density at radius 2 is 1.70 bits per heavy atom. The Labute approximate surface area is 180 Å². The van der Waals surface area contributed by atoms with Gasteiger partial charge in [-0.1, -0.05) is 12.1 Å². The van der Waals surface area contributed by atoms with E-state index in [1.807, 2.05) is 41.3 Å². The van der Waals surface area contributed by atoms with E-state index in [2.05, 4.69) is 14.9 Å². The van der Waals surface area contributed by atoms with Crippen LogP contribution in [0.1, 0.15) is 35.5 Å². The number of para-hydroxylation sites is 1. The smallest absolute Gasteiger partial charge is 0.282 e. The van der Waals surface area contributed by atoms with Gasteiger partial charge >= 0.3 is 0 Å². The van der Waals surface area contributed by atoms with Gasteiger partial charge in [-0.3, -0.25) is 14.7 Å². The summed E-state index contributed by atoms with van der Waals surface area (Å²) in [6.07, 6.45) is 7.99. The number of ether oxygens (including phenoxy) is 1. The van der Waals surface area contributed by atoms with Crippen LogP contribution >= 0.6 is 11.3 Å². The van der Waals surface area contributed by atoms with E-state index in [0.29, 0.717) is 11.0 Å². The van der Waals surface area contributed by atoms with Crippen molar-refractivity contribution in [3.63, 3.8) is 0 Å². The fraction of sp³-hybridized carbons (Fsp3) is 0.435. The van der Waals surface area contributed by atoms with Crippen molar-refractivity contribution in [2.24, 2.45) is 0 Å². The van der Waals surface area contributed by atoms with Crippen LogP contribution < -0.4 is 4.74 Å². The second-order valence-electron chi connectivity index (χ2n) is 8.05. The van der Waals surface area contributed by atoms with Gasteiger partial charge in [0.15, 0.2) is 5.01 Å². The lowest BCUT2D eigenvalue weighted by Gasteiger charge is -2.41. The van der Waals surface area contributed by atoms with Gasteiger partial charge in [0, 0.05) is 44.6 Å². The molecule has 156 valence electrons. The fourth-order valence-electron chi connectivity index (χ4n) is 4.50. The zero-order chi connectivity index (χ0) is 20.3. The van der Waals surface area contributed by atoms with Crippen molar-refractivity contribution < 1.29 is 9.53 Å². The van der Waals surface area contributed by atoms with Crippen LogP contribution in [0.5, 0.6) is 5.75 Å². The molecule has 2 fully saturated rings. The lowest BCUT2D eigenvalue weighted by atomic mass is 9.99. The number of hydrogen-bond acceptors (Lipinski definition) is 6. The summed E-state index contributed by atoms with van der Waals surface area (Å²) in [4.78, 5) is 26.1. The first kappa shape index (κ1) is 19.5. The molecule has 5 rings (SSSR count). The van der Waals surface area contributed by atoms with Crippen molar-refractivity contribution in [1.29, 1.82) is 0 Å². The highest BCUT2D eigenvalue weighted by molar-refractivity contribution is 7.20. The molecule has 0 aliphatic carbocycles. The summed E-state index contributed by atoms with van der Waals surface area (Å²) in [5.74, 6) is 0.990. The molecule has 2 aliphatic rings. The maximum Gasteiger partial charge on any atom is 0.282 e. The number of fused-ring (bicyclic) bond motifs is 1. The second kappa shape index (κ2) is 8.70. The number of rotatable bonds is 4. The molecular formula is C23H26N4O2S. The molecule has 7 heteroatoms. The molecule has 0 N–H and O–H groups in total. The summed E-state index contributed by atoms with van der Waals surface area (Å²) in [5.41, 5.74) is 0.914. The number of benzene rings is 1. The molecule has 1 amide bonds. The Bertz CT molecular complexity index is 960. The minimum Gasteiger partial charge on any atom is -0.490 e. The lowest BCUT2D eigenvalue weighted by molar-refractivity contribution is 0.0425. The van der Waals surface area contributed by atoms with Gasteiger partial charge in [-0.25, -0.2) is 4.98 Å². The highest BCUT2D eigenvalue weighted by Crippen LogP contribution is 2.26. The van der Waals surface area contributed by atoms with Crippen molar-refractivity contribution in [3.8, 4) is 5.75 Å². The normalized spacial score (nSPS) is 19.3. The van der Waals surface area contributed by atoms with Gasteiger partial charge < -0.3 is 9.64 Å². The molecule has 0 unspecified atom stereocenters. The second-order valence-corrected chi connectivity index (χ2v) is 9.08. The number of nitrogens with zero attached hydrogens (tertiary/aromatic N) is 4. The van der Waals surface area contributed by atoms with Gasteiger partial charge in [0.2, 0.25) is 0 Å². The van der Waals surface area contributed by atoms with Crippen molar-refractivity contribution in [2.75, 3.05) is 26.2 Å². The number of pyridine rings is 1. The highest BCUT2D eigenvalue weighted by atomic mass is 32.1. The largest absolute Gasteiger partial charge is 0.490 e. The van der Waals surface area contributed by atoms with E-state index in [1.165, 1.54) is 11.3 Å². The quantitative estimate of drug-likeness (QED) is 0.639. The number of carbonyl (C=O) groups excluding carboxylic acids is 1. The van der Waals surface area contributed by atoms with E-state index < -0.39 is 0 Å². The van der Waals surface area contributed by atoms with Crippen LogP contribution in [0.15, 0.2) is 48.8 Å². The average molecular weight is 423 g/mol. The third-order valence-electron chi connectivity index (χ3n) is 6.17. The number of aromatic nitrogens is 2. The molecule has 0 radical (unpaired) electrons. The first-order valence-electron chi connectivity index (χ1n) is 10.7. The van der Waals surface area contributed by atoms with Crippen molar-refractivity contribution in [3.05, 3.63) is 53.8 Å². The van der Waals surface area contributed by atoms with Gasteiger partial charge in [0.25, 0.3) is 5.91 Å². The van der Waals surface area contributed by atoms with Gasteiger partial charge in [0.05, 0.1) is 10.2 Å². The van der Waals surface area contributed by atoms with Crippen LogP contribution in [-0.4, -0.2) is 64.0 Å². The Hall–Kier alpha value is -2.51. The topological polar surface area (TPSA) is 58.6 Å². The summed E-state index contributed by atoms with van der Waals surface area (Å²) >= 11 is 1.50. The minimum atomic E-state index is 0.0825. The van der Waals surface area contributed by atoms with E-state index in [4.69, 9.17) is 4.74 Å². The molecule has 2 saturated heterocycles. The zero-order valence-electron chi connectivity index (χ0n) is 16.9. The molecule has 1 aromatic carbocycles. The SMILES string of the molecule is O=C(c1nc2ccccc2s1)N1CCC(N2CCC(Oc3ccncc3)CC2)CC1. The molecule has 0 atom stereocenters. The molecule has 6 nitrogen and oxygen atoms in total. The van der Waals surface area contributed by atoms with E-state index in [9.17, 15) is 4.79 Å². The fourth-order valence-corrected chi connectivity index (χ4v) is 5.43. The third-order valence-corrected chi connectivity index (χ3v) is 7.20. The van der Waals surface area contributed by atoms with E-state index in [-0.39, 0.29) is 12.0 Å². The van der Waals surface area contributed by atoms with Gasteiger partial charge in [-0.05, 0) is 49.9 Å². The molecule has 30 heavy (non-hydrogen) atoms. The van der Waals surface area contributed by atoms with E-state index >= 15 is 0 Å². The summed E-state index contributed by atoms with van der Waals surface area (Å²) in [5, 5.41) is 0.615. The zero-order valence-corrected chi connectivity index (χ0v) is 17.8. The first-order valence-corrected chi connectivity index (χ1v) is 11.5. The van der Waals surface area contributed by atoms with Gasteiger partial charge in [0.1, 0.15) is 11.9 Å². The molecule has 3 aromatic rings. The first-order chi connectivity index (χ1) is 14.8. The Balaban J connectivity index is 1.11. The number of carbonyl (C=O) groups is 1. The van der Waals surface area contributed by atoms with Crippen molar-refractivity contribution in [1.82, 2.24) is 19.8 Å². The summed E-state index contributed by atoms with van der Waals surface area (Å²) in [7, 11) is 0. The van der Waals surface area contributed by atoms with Gasteiger partial charge in [-0.2, -0.15) is 0 Å². The Morgan fingerprint density at radius 1 is 0.967 bits per heavy atom. The molecule has 2 aromatic heterocycles. The standard InChI is InChI=1S/C23H26N4O2S/c28-23(22-25-20-3-1-2-4-21(20)30-22)27-13-7-17(8-14-27)26-15-9-19(10-16-26)29-18-5-11-24-12-6-18/h1-6,11-12,17,19H,7-10,13-16H2. The predicted octanol–water partition coefficient (Wildman–Crippen LogP) is 3.84. The maximum atomic E-state index is 12.9. The number of thiazole rings is 1. The van der Waals surface area contributed by atoms with Crippen LogP contribution in [0.25, 0.3) is 10.2 Å². The van der Waals surface area contributed by atoms with Crippen LogP contribution in [0.3, 0.4) is 0 Å². The summed E-state index contributed by atoms with van der Waals surface area (Å²) in [6, 6.07) is 12.4. The highest BCUT2D eigenvalue weighted by Gasteiger charge is 2.31. The Morgan fingerprint density at radius 3 is 2.43 bits per heavy atom. The lowest BCUT2D eigenvalue weighted by Crippen LogP contribution is -2.50. The van der Waals surface area contributed by atoms with Crippen LogP contribution in [-0.2, 0) is 0 Å². The van der Waals surface area contributed by atoms with Crippen LogP contribution in [0.4, 0.5) is 0 Å². The molecule has 0 bridgehead atoms. The number of likely N-dealkylation sites (tertiary alicyclic amines) is 2. The third kappa shape index (κ3) is 4.18. The number of piperidine rings is 2. The summed E-state index contributed by atoms with van der Waals surface area (Å²) in [6.45, 7) is 3.75. The Kier molecular flexibility index (Phi) is 5.64. The number of amides is 1. The van der Waals surface area contributed by atoms with Crippen LogP contribution in [0, 0.1) is 0 Å². The summed E-state index contributed by atoms with van der Waals surface area (Å²) < 4.78 is 7.16. The van der Waals surface area contributed by atoms with Crippen LogP contribution in [0.2, 0.25) is 0 Å². The molecule has 4 heterocycles. The van der Waals surface area contributed by atoms with Gasteiger partial charge in [-0.15, -0.1) is 11.3 Å². The molecule has 2 aliphatic heterocycles. The van der Waals surface area contributed by atoms with E-state index in [1.54, 1.807) is 12.4 Å².